The summed E-state index contributed by atoms with van der Waals surface area (Å²) in [6.07, 6.45) is 10.6. The van der Waals surface area contributed by atoms with Crippen molar-refractivity contribution in [3.8, 4) is 0 Å². The molecule has 3 saturated heterocycles. The van der Waals surface area contributed by atoms with E-state index in [0.29, 0.717) is 37.0 Å². The lowest BCUT2D eigenvalue weighted by Crippen LogP contribution is -2.61. The lowest BCUT2D eigenvalue weighted by Gasteiger charge is -2.48. The summed E-state index contributed by atoms with van der Waals surface area (Å²) in [4.78, 5) is 34.6. The first-order valence-corrected chi connectivity index (χ1v) is 16.5. The van der Waals surface area contributed by atoms with E-state index in [1.54, 1.807) is 0 Å². The smallest absolute Gasteiger partial charge is 0.320 e. The Bertz CT molecular complexity index is 1010. The highest BCUT2D eigenvalue weighted by atomic mass is 35.5. The Morgan fingerprint density at radius 3 is 2.21 bits per heavy atom. The molecule has 3 heterocycles. The highest BCUT2D eigenvalue weighted by Gasteiger charge is 2.48. The van der Waals surface area contributed by atoms with Crippen LogP contribution in [0.15, 0.2) is 24.3 Å². The maximum Gasteiger partial charge on any atom is 0.320 e. The van der Waals surface area contributed by atoms with Crippen molar-refractivity contribution in [2.24, 2.45) is 0 Å². The number of fused-ring (bicyclic) bond motifs is 2. The van der Waals surface area contributed by atoms with Gasteiger partial charge in [0.2, 0.25) is 5.91 Å². The van der Waals surface area contributed by atoms with Crippen LogP contribution in [-0.2, 0) is 11.2 Å². The Balaban J connectivity index is 0.00000405. The molecule has 1 aromatic rings. The second-order valence-corrected chi connectivity index (χ2v) is 13.1. The number of aliphatic hydroxyl groups is 1. The minimum atomic E-state index is -0.345. The predicted octanol–water partition coefficient (Wildman–Crippen LogP) is 4.60. The van der Waals surface area contributed by atoms with Gasteiger partial charge in [-0.1, -0.05) is 43.0 Å². The number of piperidine rings is 1. The lowest BCUT2D eigenvalue weighted by molar-refractivity contribution is -0.139. The normalized spacial score (nSPS) is 28.3. The molecule has 10 heteroatoms. The van der Waals surface area contributed by atoms with Crippen LogP contribution in [0, 0.1) is 0 Å². The number of β-amino-alcohol motifs (C(OH)–C–C–N with tert-alkyl or cyclic N) is 1. The van der Waals surface area contributed by atoms with Gasteiger partial charge in [0.15, 0.2) is 0 Å². The molecule has 0 spiro atoms. The Labute approximate surface area is 263 Å². The molecule has 5 rings (SSSR count). The summed E-state index contributed by atoms with van der Waals surface area (Å²) in [5.41, 5.74) is 1.08. The quantitative estimate of drug-likeness (QED) is 0.354. The maximum absolute atomic E-state index is 14.3. The number of nitrogens with zero attached hydrogens (tertiary/aromatic N) is 3. The topological polar surface area (TPSA) is 88.2 Å². The summed E-state index contributed by atoms with van der Waals surface area (Å²) < 4.78 is 0. The van der Waals surface area contributed by atoms with Crippen molar-refractivity contribution in [3.05, 3.63) is 34.9 Å². The molecule has 42 heavy (non-hydrogen) atoms. The maximum atomic E-state index is 14.3. The predicted molar refractivity (Wildman–Crippen MR) is 170 cm³/mol. The SMILES string of the molecule is CCN(CC)C(=O)N(C1CCCCC1)C1CC2CCC(C1)N2C(=O)[C@@H](Cc1ccc(Cl)cc1)NC[C@H]1C[C@H](O)CN1.Cl. The molecule has 4 fully saturated rings. The molecular weight excluding hydrogens is 573 g/mol. The number of carbonyl (C=O) groups is 2. The van der Waals surface area contributed by atoms with Crippen molar-refractivity contribution in [1.82, 2.24) is 25.3 Å². The van der Waals surface area contributed by atoms with Crippen LogP contribution < -0.4 is 10.6 Å². The van der Waals surface area contributed by atoms with Gasteiger partial charge >= 0.3 is 6.03 Å². The van der Waals surface area contributed by atoms with E-state index in [9.17, 15) is 14.7 Å². The van der Waals surface area contributed by atoms with E-state index in [1.165, 1.54) is 19.3 Å². The largest absolute Gasteiger partial charge is 0.392 e. The van der Waals surface area contributed by atoms with Crippen LogP contribution in [0.1, 0.15) is 83.6 Å². The zero-order chi connectivity index (χ0) is 28.9. The number of rotatable bonds is 10. The van der Waals surface area contributed by atoms with Gasteiger partial charge in [-0.2, -0.15) is 0 Å². The van der Waals surface area contributed by atoms with E-state index in [2.05, 4.69) is 34.3 Å². The molecule has 3 amide bonds. The monoisotopic (exact) mass is 623 g/mol. The van der Waals surface area contributed by atoms with Crippen molar-refractivity contribution < 1.29 is 14.7 Å². The van der Waals surface area contributed by atoms with Gasteiger partial charge in [-0.05, 0) is 82.9 Å². The van der Waals surface area contributed by atoms with E-state index < -0.39 is 0 Å². The highest BCUT2D eigenvalue weighted by Crippen LogP contribution is 2.40. The fraction of sp³-hybridized carbons (Fsp3) is 0.750. The Morgan fingerprint density at radius 1 is 1.00 bits per heavy atom. The van der Waals surface area contributed by atoms with Crippen molar-refractivity contribution in [2.75, 3.05) is 26.2 Å². The number of carbonyl (C=O) groups excluding carboxylic acids is 2. The van der Waals surface area contributed by atoms with Crippen LogP contribution in [-0.4, -0.2) is 100 Å². The van der Waals surface area contributed by atoms with Crippen LogP contribution in [0.5, 0.6) is 0 Å². The molecule has 5 atom stereocenters. The van der Waals surface area contributed by atoms with Crippen molar-refractivity contribution >= 4 is 35.9 Å². The summed E-state index contributed by atoms with van der Waals surface area (Å²) in [5, 5.41) is 17.6. The number of urea groups is 1. The van der Waals surface area contributed by atoms with Gasteiger partial charge in [0.05, 0.1) is 12.1 Å². The Hall–Kier alpha value is -1.58. The van der Waals surface area contributed by atoms with E-state index >= 15 is 0 Å². The Morgan fingerprint density at radius 2 is 1.64 bits per heavy atom. The molecule has 0 aromatic heterocycles. The van der Waals surface area contributed by atoms with E-state index in [0.717, 1.165) is 57.2 Å². The molecular formula is C32H51Cl2N5O3. The summed E-state index contributed by atoms with van der Waals surface area (Å²) in [7, 11) is 0. The van der Waals surface area contributed by atoms with Crippen molar-refractivity contribution in [1.29, 1.82) is 0 Å². The molecule has 3 N–H and O–H groups in total. The van der Waals surface area contributed by atoms with Crippen LogP contribution in [0.2, 0.25) is 5.02 Å². The minimum Gasteiger partial charge on any atom is -0.392 e. The molecule has 236 valence electrons. The van der Waals surface area contributed by atoms with E-state index in [1.807, 2.05) is 29.2 Å². The van der Waals surface area contributed by atoms with Gasteiger partial charge in [-0.15, -0.1) is 12.4 Å². The average Bonchev–Trinajstić information content (AvgIpc) is 3.52. The second-order valence-electron chi connectivity index (χ2n) is 12.7. The lowest BCUT2D eigenvalue weighted by atomic mass is 9.89. The fourth-order valence-corrected chi connectivity index (χ4v) is 8.01. The third-order valence-electron chi connectivity index (χ3n) is 10.0. The molecule has 8 nitrogen and oxygen atoms in total. The molecule has 4 aliphatic rings. The first-order valence-electron chi connectivity index (χ1n) is 16.2. The summed E-state index contributed by atoms with van der Waals surface area (Å²) in [6, 6.07) is 8.63. The number of halogens is 2. The van der Waals surface area contributed by atoms with Crippen LogP contribution >= 0.6 is 24.0 Å². The minimum absolute atomic E-state index is 0. The number of hydrogen-bond donors (Lipinski definition) is 3. The first-order chi connectivity index (χ1) is 19.9. The second kappa shape index (κ2) is 15.4. The molecule has 2 bridgehead atoms. The molecule has 1 saturated carbocycles. The Kier molecular flexibility index (Phi) is 12.2. The number of aliphatic hydroxyl groups excluding tert-OH is 1. The zero-order valence-corrected chi connectivity index (χ0v) is 26.9. The summed E-state index contributed by atoms with van der Waals surface area (Å²) in [5.74, 6) is 0.170. The summed E-state index contributed by atoms with van der Waals surface area (Å²) in [6.45, 7) is 6.84. The standard InChI is InChI=1S/C32H50ClN5O3.ClH/c1-3-36(4-2)32(41)38(25-8-6-5-7-9-25)28-18-26-14-15-27(19-28)37(26)31(40)30(16-22-10-12-23(33)13-11-22)35-20-24-17-29(39)21-34-24;/h10-13,24-30,34-35,39H,3-9,14-21H2,1-2H3;1H/t24-,26?,27?,28?,29+,30-;/m1./s1. The molecule has 1 aliphatic carbocycles. The average molecular weight is 625 g/mol. The number of hydrogen-bond acceptors (Lipinski definition) is 5. The molecule has 1 aromatic carbocycles. The van der Waals surface area contributed by atoms with Crippen LogP contribution in [0.25, 0.3) is 0 Å². The molecule has 0 radical (unpaired) electrons. The van der Waals surface area contributed by atoms with E-state index in [4.69, 9.17) is 11.6 Å². The van der Waals surface area contributed by atoms with Crippen molar-refractivity contribution in [3.63, 3.8) is 0 Å². The van der Waals surface area contributed by atoms with Gasteiger partial charge < -0.3 is 30.4 Å². The number of nitrogens with one attached hydrogen (secondary N) is 2. The highest BCUT2D eigenvalue weighted by molar-refractivity contribution is 6.30. The third-order valence-corrected chi connectivity index (χ3v) is 10.3. The zero-order valence-electron chi connectivity index (χ0n) is 25.3. The van der Waals surface area contributed by atoms with Crippen LogP contribution in [0.3, 0.4) is 0 Å². The first kappa shape index (κ1) is 33.3. The van der Waals surface area contributed by atoms with Crippen LogP contribution in [0.4, 0.5) is 4.79 Å². The van der Waals surface area contributed by atoms with Crippen molar-refractivity contribution in [2.45, 2.75) is 127 Å². The molecule has 2 unspecified atom stereocenters. The van der Waals surface area contributed by atoms with Gasteiger partial charge in [0.25, 0.3) is 0 Å². The molecule has 3 aliphatic heterocycles. The third kappa shape index (κ3) is 7.73. The number of benzene rings is 1. The van der Waals surface area contributed by atoms with Gasteiger partial charge in [-0.25, -0.2) is 4.79 Å². The van der Waals surface area contributed by atoms with Gasteiger partial charge in [0.1, 0.15) is 0 Å². The van der Waals surface area contributed by atoms with E-state index in [-0.39, 0.29) is 60.7 Å². The van der Waals surface area contributed by atoms with Gasteiger partial charge in [-0.3, -0.25) is 4.79 Å². The number of amides is 3. The summed E-state index contributed by atoms with van der Waals surface area (Å²) >= 11 is 6.14. The van der Waals surface area contributed by atoms with Gasteiger partial charge in [0, 0.05) is 61.4 Å². The fourth-order valence-electron chi connectivity index (χ4n) is 7.88.